The van der Waals surface area contributed by atoms with Crippen LogP contribution < -0.4 is 0 Å². The molecule has 0 unspecified atom stereocenters. The zero-order chi connectivity index (χ0) is 7.82. The van der Waals surface area contributed by atoms with Gasteiger partial charge in [-0.15, -0.1) is 0 Å². The molecule has 0 atom stereocenters. The monoisotopic (exact) mass is 202 g/mol. The Kier molecular flexibility index (Phi) is 6.29. The van der Waals surface area contributed by atoms with E-state index in [1.54, 1.807) is 11.1 Å². The Morgan fingerprint density at radius 3 is 2.80 bits per heavy atom. The molecule has 0 aromatic heterocycles. The van der Waals surface area contributed by atoms with E-state index >= 15 is 0 Å². The highest BCUT2D eigenvalue weighted by molar-refractivity contribution is 9.11. The summed E-state index contributed by atoms with van der Waals surface area (Å²) in [5, 5.41) is 0. The van der Waals surface area contributed by atoms with Crippen LogP contribution in [0, 0.1) is 0 Å². The molecule has 0 aliphatic rings. The van der Waals surface area contributed by atoms with Gasteiger partial charge in [-0.2, -0.15) is 0 Å². The third-order valence-electron chi connectivity index (χ3n) is 0.845. The summed E-state index contributed by atoms with van der Waals surface area (Å²) < 4.78 is 5.16. The number of allylic oxidation sites excluding steroid dienone is 3. The summed E-state index contributed by atoms with van der Waals surface area (Å²) in [6.07, 6.45) is 5.36. The number of hydrogen-bond acceptors (Lipinski definition) is 1. The Morgan fingerprint density at radius 2 is 2.40 bits per heavy atom. The van der Waals surface area contributed by atoms with E-state index < -0.39 is 0 Å². The van der Waals surface area contributed by atoms with Crippen molar-refractivity contribution in [2.75, 3.05) is 6.61 Å². The second-order valence-electron chi connectivity index (χ2n) is 1.52. The molecule has 10 heavy (non-hydrogen) atoms. The molecule has 0 rings (SSSR count). The second kappa shape index (κ2) is 6.62. The number of hydrogen-bond donors (Lipinski definition) is 0. The molecule has 0 bridgehead atoms. The average Bonchev–Trinajstić information content (AvgIpc) is 1.98. The van der Waals surface area contributed by atoms with Crippen LogP contribution in [0.3, 0.4) is 0 Å². The van der Waals surface area contributed by atoms with Gasteiger partial charge in [0.15, 0.2) is 0 Å². The third kappa shape index (κ3) is 4.39. The minimum Gasteiger partial charge on any atom is -0.494 e. The zero-order valence-corrected chi connectivity index (χ0v) is 7.60. The quantitative estimate of drug-likeness (QED) is 0.504. The Bertz CT molecular complexity index is 147. The van der Waals surface area contributed by atoms with Crippen molar-refractivity contribution in [3.05, 3.63) is 35.6 Å². The van der Waals surface area contributed by atoms with Gasteiger partial charge in [-0.1, -0.05) is 28.6 Å². The molecule has 0 N–H and O–H groups in total. The van der Waals surface area contributed by atoms with Gasteiger partial charge in [-0.05, 0) is 24.1 Å². The van der Waals surface area contributed by atoms with Gasteiger partial charge in [0, 0.05) is 0 Å². The van der Waals surface area contributed by atoms with Gasteiger partial charge in [0.2, 0.25) is 0 Å². The van der Waals surface area contributed by atoms with Crippen LogP contribution in [0.2, 0.25) is 0 Å². The van der Waals surface area contributed by atoms with Crippen LogP contribution in [0.1, 0.15) is 6.92 Å². The fourth-order valence-electron chi connectivity index (χ4n) is 0.473. The first-order valence-corrected chi connectivity index (χ1v) is 3.99. The van der Waals surface area contributed by atoms with Gasteiger partial charge < -0.3 is 4.74 Å². The predicted octanol–water partition coefficient (Wildman–Crippen LogP) is 3.00. The second-order valence-corrected chi connectivity index (χ2v) is 2.05. The maximum Gasteiger partial charge on any atom is 0.118 e. The first-order valence-electron chi connectivity index (χ1n) is 3.07. The average molecular weight is 203 g/mol. The van der Waals surface area contributed by atoms with E-state index in [-0.39, 0.29) is 0 Å². The number of halogens is 1. The molecule has 0 heterocycles. The molecule has 0 aromatic carbocycles. The molecule has 0 saturated carbocycles. The van der Waals surface area contributed by atoms with Crippen LogP contribution >= 0.6 is 15.9 Å². The molecule has 1 nitrogen and oxygen atoms in total. The standard InChI is InChI=1S/C8H11BrO/c1-3-8(10-4-2)6-5-7-9/h3,5-7H,1,4H2,2H3/b7-5+,8-6-. The van der Waals surface area contributed by atoms with Crippen LogP contribution in [0.5, 0.6) is 0 Å². The highest BCUT2D eigenvalue weighted by atomic mass is 79.9. The lowest BCUT2D eigenvalue weighted by molar-refractivity contribution is 0.243. The molecule has 0 aliphatic carbocycles. The van der Waals surface area contributed by atoms with Gasteiger partial charge in [0.1, 0.15) is 5.76 Å². The summed E-state index contributed by atoms with van der Waals surface area (Å²) in [4.78, 5) is 1.76. The normalized spacial score (nSPS) is 12.0. The third-order valence-corrected chi connectivity index (χ3v) is 1.15. The smallest absolute Gasteiger partial charge is 0.118 e. The van der Waals surface area contributed by atoms with Crippen LogP contribution in [0.15, 0.2) is 35.6 Å². The molecule has 2 heteroatoms. The lowest BCUT2D eigenvalue weighted by Crippen LogP contribution is -1.85. The molecule has 0 saturated heterocycles. The largest absolute Gasteiger partial charge is 0.494 e. The van der Waals surface area contributed by atoms with Crippen LogP contribution in [0.4, 0.5) is 0 Å². The fourth-order valence-corrected chi connectivity index (χ4v) is 0.626. The van der Waals surface area contributed by atoms with Crippen molar-refractivity contribution in [3.8, 4) is 0 Å². The maximum atomic E-state index is 5.16. The molecular formula is C8H11BrO. The van der Waals surface area contributed by atoms with Crippen molar-refractivity contribution in [1.82, 2.24) is 0 Å². The minimum atomic E-state index is 0.675. The van der Waals surface area contributed by atoms with E-state index in [0.717, 1.165) is 5.76 Å². The Hall–Kier alpha value is -0.500. The summed E-state index contributed by atoms with van der Waals surface area (Å²) in [5.41, 5.74) is 0. The highest BCUT2D eigenvalue weighted by Gasteiger charge is 1.84. The predicted molar refractivity (Wildman–Crippen MR) is 48.0 cm³/mol. The van der Waals surface area contributed by atoms with Crippen LogP contribution in [-0.4, -0.2) is 6.61 Å². The fraction of sp³-hybridized carbons (Fsp3) is 0.250. The number of ether oxygens (including phenoxy) is 1. The Balaban J connectivity index is 3.90. The lowest BCUT2D eigenvalue weighted by atomic mass is 10.4. The molecule has 0 radical (unpaired) electrons. The van der Waals surface area contributed by atoms with E-state index in [9.17, 15) is 0 Å². The van der Waals surface area contributed by atoms with Crippen molar-refractivity contribution in [2.24, 2.45) is 0 Å². The lowest BCUT2D eigenvalue weighted by Gasteiger charge is -1.99. The maximum absolute atomic E-state index is 5.16. The number of rotatable bonds is 4. The summed E-state index contributed by atoms with van der Waals surface area (Å²) in [7, 11) is 0. The van der Waals surface area contributed by atoms with Crippen molar-refractivity contribution in [2.45, 2.75) is 6.92 Å². The van der Waals surface area contributed by atoms with Crippen molar-refractivity contribution in [1.29, 1.82) is 0 Å². The van der Waals surface area contributed by atoms with Gasteiger partial charge in [-0.3, -0.25) is 0 Å². The van der Waals surface area contributed by atoms with E-state index in [1.165, 1.54) is 0 Å². The van der Waals surface area contributed by atoms with E-state index in [2.05, 4.69) is 22.5 Å². The summed E-state index contributed by atoms with van der Waals surface area (Å²) in [5.74, 6) is 0.790. The van der Waals surface area contributed by atoms with Crippen LogP contribution in [-0.2, 0) is 4.74 Å². The first kappa shape index (κ1) is 9.50. The van der Waals surface area contributed by atoms with Gasteiger partial charge in [0.05, 0.1) is 6.61 Å². The molecular weight excluding hydrogens is 192 g/mol. The van der Waals surface area contributed by atoms with Crippen molar-refractivity contribution in [3.63, 3.8) is 0 Å². The first-order chi connectivity index (χ1) is 4.85. The van der Waals surface area contributed by atoms with Gasteiger partial charge in [0.25, 0.3) is 0 Å². The topological polar surface area (TPSA) is 9.23 Å². The minimum absolute atomic E-state index is 0.675. The Labute approximate surface area is 70.2 Å². The highest BCUT2D eigenvalue weighted by Crippen LogP contribution is 1.98. The molecule has 0 aromatic rings. The molecule has 0 fully saturated rings. The van der Waals surface area contributed by atoms with Gasteiger partial charge in [-0.25, -0.2) is 0 Å². The van der Waals surface area contributed by atoms with E-state index in [1.807, 2.05) is 19.1 Å². The van der Waals surface area contributed by atoms with Crippen molar-refractivity contribution < 1.29 is 4.74 Å². The van der Waals surface area contributed by atoms with E-state index in [0.29, 0.717) is 6.61 Å². The van der Waals surface area contributed by atoms with Gasteiger partial charge >= 0.3 is 0 Å². The zero-order valence-electron chi connectivity index (χ0n) is 6.01. The van der Waals surface area contributed by atoms with Crippen LogP contribution in [0.25, 0.3) is 0 Å². The molecule has 0 amide bonds. The molecule has 0 aliphatic heterocycles. The van der Waals surface area contributed by atoms with Crippen molar-refractivity contribution >= 4 is 15.9 Å². The molecule has 56 valence electrons. The SMILES string of the molecule is C=C/C(=C/C=C/Br)OCC. The Morgan fingerprint density at radius 1 is 1.70 bits per heavy atom. The van der Waals surface area contributed by atoms with E-state index in [4.69, 9.17) is 4.74 Å². The summed E-state index contributed by atoms with van der Waals surface area (Å²) in [6.45, 7) is 6.20. The summed E-state index contributed by atoms with van der Waals surface area (Å²) in [6, 6.07) is 0. The molecule has 0 spiro atoms. The summed E-state index contributed by atoms with van der Waals surface area (Å²) >= 11 is 3.14.